The fourth-order valence-electron chi connectivity index (χ4n) is 2.11. The molecule has 2 aromatic rings. The second-order valence-corrected chi connectivity index (χ2v) is 4.98. The van der Waals surface area contributed by atoms with E-state index in [4.69, 9.17) is 4.42 Å². The molecule has 2 nitrogen and oxygen atoms in total. The van der Waals surface area contributed by atoms with Gasteiger partial charge < -0.3 is 9.52 Å². The van der Waals surface area contributed by atoms with E-state index in [9.17, 15) is 5.11 Å². The van der Waals surface area contributed by atoms with Crippen molar-refractivity contribution in [1.29, 1.82) is 0 Å². The van der Waals surface area contributed by atoms with E-state index in [0.29, 0.717) is 5.76 Å². The van der Waals surface area contributed by atoms with Gasteiger partial charge in [-0.2, -0.15) is 0 Å². The highest BCUT2D eigenvalue weighted by molar-refractivity contribution is 7.99. The molecule has 0 saturated carbocycles. The minimum Gasteiger partial charge on any atom is -0.467 e. The summed E-state index contributed by atoms with van der Waals surface area (Å²) in [5, 5.41) is 10.2. The van der Waals surface area contributed by atoms with Gasteiger partial charge in [0.15, 0.2) is 0 Å². The molecule has 0 bridgehead atoms. The van der Waals surface area contributed by atoms with Crippen LogP contribution in [-0.2, 0) is 0 Å². The van der Waals surface area contributed by atoms with E-state index in [-0.39, 0.29) is 5.92 Å². The average Bonchev–Trinajstić information content (AvgIpc) is 2.98. The lowest BCUT2D eigenvalue weighted by Crippen LogP contribution is -2.09. The molecule has 0 radical (unpaired) electrons. The SMILES string of the molecule is OC(c1ccco1)C1CSc2ccccc21. The van der Waals surface area contributed by atoms with E-state index in [1.807, 2.05) is 24.3 Å². The maximum Gasteiger partial charge on any atom is 0.132 e. The summed E-state index contributed by atoms with van der Waals surface area (Å²) in [6.45, 7) is 0. The lowest BCUT2D eigenvalue weighted by atomic mass is 9.94. The molecular formula is C13H12O2S. The van der Waals surface area contributed by atoms with E-state index < -0.39 is 6.10 Å². The van der Waals surface area contributed by atoms with Crippen molar-refractivity contribution >= 4 is 11.8 Å². The number of aliphatic hydroxyl groups excluding tert-OH is 1. The summed E-state index contributed by atoms with van der Waals surface area (Å²) >= 11 is 1.80. The van der Waals surface area contributed by atoms with Gasteiger partial charge in [-0.25, -0.2) is 0 Å². The summed E-state index contributed by atoms with van der Waals surface area (Å²) in [7, 11) is 0. The predicted molar refractivity (Wildman–Crippen MR) is 63.6 cm³/mol. The van der Waals surface area contributed by atoms with Gasteiger partial charge >= 0.3 is 0 Å². The fraction of sp³-hybridized carbons (Fsp3) is 0.231. The molecule has 1 aromatic heterocycles. The van der Waals surface area contributed by atoms with Gasteiger partial charge in [0.1, 0.15) is 11.9 Å². The third kappa shape index (κ3) is 1.56. The van der Waals surface area contributed by atoms with Crippen LogP contribution in [0.2, 0.25) is 0 Å². The quantitative estimate of drug-likeness (QED) is 0.863. The molecule has 0 amide bonds. The van der Waals surface area contributed by atoms with Crippen molar-refractivity contribution in [2.45, 2.75) is 16.9 Å². The highest BCUT2D eigenvalue weighted by Gasteiger charge is 2.31. The number of rotatable bonds is 2. The van der Waals surface area contributed by atoms with Gasteiger partial charge in [0.05, 0.1) is 6.26 Å². The van der Waals surface area contributed by atoms with Crippen LogP contribution >= 0.6 is 11.8 Å². The van der Waals surface area contributed by atoms with E-state index in [0.717, 1.165) is 5.75 Å². The highest BCUT2D eigenvalue weighted by Crippen LogP contribution is 2.45. The standard InChI is InChI=1S/C13H12O2S/c14-13(11-5-3-7-15-11)10-8-16-12-6-2-1-4-9(10)12/h1-7,10,13-14H,8H2. The Morgan fingerprint density at radius 3 is 2.94 bits per heavy atom. The van der Waals surface area contributed by atoms with Gasteiger partial charge in [-0.15, -0.1) is 11.8 Å². The molecule has 1 aliphatic heterocycles. The smallest absolute Gasteiger partial charge is 0.132 e. The molecule has 2 atom stereocenters. The van der Waals surface area contributed by atoms with Crippen LogP contribution in [0.5, 0.6) is 0 Å². The van der Waals surface area contributed by atoms with Crippen LogP contribution in [0.1, 0.15) is 23.3 Å². The Balaban J connectivity index is 1.93. The van der Waals surface area contributed by atoms with Crippen LogP contribution < -0.4 is 0 Å². The molecule has 2 heterocycles. The van der Waals surface area contributed by atoms with Crippen molar-refractivity contribution in [3.63, 3.8) is 0 Å². The number of benzene rings is 1. The Morgan fingerprint density at radius 1 is 1.25 bits per heavy atom. The van der Waals surface area contributed by atoms with Crippen molar-refractivity contribution < 1.29 is 9.52 Å². The van der Waals surface area contributed by atoms with Crippen molar-refractivity contribution in [3.05, 3.63) is 54.0 Å². The summed E-state index contributed by atoms with van der Waals surface area (Å²) in [6, 6.07) is 11.9. The maximum atomic E-state index is 10.2. The Kier molecular flexibility index (Phi) is 2.50. The van der Waals surface area contributed by atoms with E-state index in [1.165, 1.54) is 10.5 Å². The second kappa shape index (κ2) is 4.00. The fourth-order valence-corrected chi connectivity index (χ4v) is 3.39. The van der Waals surface area contributed by atoms with Crippen molar-refractivity contribution in [3.8, 4) is 0 Å². The molecule has 0 aliphatic carbocycles. The number of hydrogen-bond acceptors (Lipinski definition) is 3. The van der Waals surface area contributed by atoms with E-state index in [2.05, 4.69) is 12.1 Å². The first-order valence-electron chi connectivity index (χ1n) is 5.29. The first kappa shape index (κ1) is 10.00. The van der Waals surface area contributed by atoms with Gasteiger partial charge in [0.2, 0.25) is 0 Å². The van der Waals surface area contributed by atoms with Gasteiger partial charge in [0.25, 0.3) is 0 Å². The monoisotopic (exact) mass is 232 g/mol. The molecule has 0 saturated heterocycles. The van der Waals surface area contributed by atoms with Crippen molar-refractivity contribution in [1.82, 2.24) is 0 Å². The molecule has 16 heavy (non-hydrogen) atoms. The van der Waals surface area contributed by atoms with Crippen LogP contribution in [0, 0.1) is 0 Å². The third-order valence-electron chi connectivity index (χ3n) is 2.95. The summed E-state index contributed by atoms with van der Waals surface area (Å²) in [4.78, 5) is 1.28. The molecule has 0 spiro atoms. The van der Waals surface area contributed by atoms with Gasteiger partial charge in [-0.05, 0) is 23.8 Å². The first-order chi connectivity index (χ1) is 7.86. The zero-order chi connectivity index (χ0) is 11.0. The van der Waals surface area contributed by atoms with Crippen LogP contribution in [0.3, 0.4) is 0 Å². The Bertz CT molecular complexity index is 478. The Labute approximate surface area is 98.3 Å². The lowest BCUT2D eigenvalue weighted by molar-refractivity contribution is 0.127. The Morgan fingerprint density at radius 2 is 2.12 bits per heavy atom. The molecule has 82 valence electrons. The third-order valence-corrected chi connectivity index (χ3v) is 4.16. The van der Waals surface area contributed by atoms with Gasteiger partial charge in [-0.3, -0.25) is 0 Å². The van der Waals surface area contributed by atoms with Gasteiger partial charge in [0, 0.05) is 16.6 Å². The molecule has 3 heteroatoms. The summed E-state index contributed by atoms with van der Waals surface area (Å²) < 4.78 is 5.26. The molecule has 1 aromatic carbocycles. The van der Waals surface area contributed by atoms with Crippen LogP contribution in [0.4, 0.5) is 0 Å². The number of aliphatic hydroxyl groups is 1. The van der Waals surface area contributed by atoms with Crippen molar-refractivity contribution in [2.24, 2.45) is 0 Å². The second-order valence-electron chi connectivity index (χ2n) is 3.92. The summed E-state index contributed by atoms with van der Waals surface area (Å²) in [5.74, 6) is 1.72. The van der Waals surface area contributed by atoms with Gasteiger partial charge in [-0.1, -0.05) is 18.2 Å². The van der Waals surface area contributed by atoms with Crippen molar-refractivity contribution in [2.75, 3.05) is 5.75 Å². The van der Waals surface area contributed by atoms with Crippen LogP contribution in [0.25, 0.3) is 0 Å². The average molecular weight is 232 g/mol. The molecular weight excluding hydrogens is 220 g/mol. The normalized spacial score (nSPS) is 20.7. The molecule has 2 unspecified atom stereocenters. The largest absolute Gasteiger partial charge is 0.467 e. The zero-order valence-corrected chi connectivity index (χ0v) is 9.48. The minimum absolute atomic E-state index is 0.146. The number of furan rings is 1. The van der Waals surface area contributed by atoms with Crippen LogP contribution in [0.15, 0.2) is 52.0 Å². The molecule has 3 rings (SSSR count). The lowest BCUT2D eigenvalue weighted by Gasteiger charge is -2.16. The first-order valence-corrected chi connectivity index (χ1v) is 6.28. The summed E-state index contributed by atoms with van der Waals surface area (Å²) in [5.41, 5.74) is 1.23. The number of thioether (sulfide) groups is 1. The number of fused-ring (bicyclic) bond motifs is 1. The van der Waals surface area contributed by atoms with E-state index >= 15 is 0 Å². The number of hydrogen-bond donors (Lipinski definition) is 1. The molecule has 1 N–H and O–H groups in total. The predicted octanol–water partition coefficient (Wildman–Crippen LogP) is 3.20. The topological polar surface area (TPSA) is 33.4 Å². The van der Waals surface area contributed by atoms with E-state index in [1.54, 1.807) is 18.0 Å². The maximum absolute atomic E-state index is 10.2. The molecule has 1 aliphatic rings. The highest BCUT2D eigenvalue weighted by atomic mass is 32.2. The Hall–Kier alpha value is -1.19. The van der Waals surface area contributed by atoms with Crippen LogP contribution in [-0.4, -0.2) is 10.9 Å². The molecule has 0 fully saturated rings. The minimum atomic E-state index is -0.536. The summed E-state index contributed by atoms with van der Waals surface area (Å²) in [6.07, 6.45) is 1.07. The zero-order valence-electron chi connectivity index (χ0n) is 8.67.